The van der Waals surface area contributed by atoms with Gasteiger partial charge in [-0.15, -0.1) is 0 Å². The minimum atomic E-state index is -4.77. The fourth-order valence-electron chi connectivity index (χ4n) is 2.60. The van der Waals surface area contributed by atoms with Gasteiger partial charge in [0.25, 0.3) is 5.91 Å². The molecule has 0 aliphatic rings. The summed E-state index contributed by atoms with van der Waals surface area (Å²) in [4.78, 5) is 17.8. The van der Waals surface area contributed by atoms with Crippen LogP contribution >= 0.6 is 11.6 Å². The highest BCUT2D eigenvalue weighted by Crippen LogP contribution is 2.34. The van der Waals surface area contributed by atoms with Crippen LogP contribution in [0.1, 0.15) is 21.6 Å². The molecule has 0 aliphatic heterocycles. The van der Waals surface area contributed by atoms with Crippen LogP contribution in [0.5, 0.6) is 0 Å². The number of halogens is 4. The summed E-state index contributed by atoms with van der Waals surface area (Å²) in [5, 5.41) is 4.17. The maximum absolute atomic E-state index is 13.7. The smallest absolute Gasteiger partial charge is 0.337 e. The van der Waals surface area contributed by atoms with Crippen molar-refractivity contribution in [2.24, 2.45) is 0 Å². The van der Waals surface area contributed by atoms with Crippen LogP contribution in [0.25, 0.3) is 5.69 Å². The molecule has 1 aromatic carbocycles. The quantitative estimate of drug-likeness (QED) is 0.666. The van der Waals surface area contributed by atoms with Gasteiger partial charge in [-0.25, -0.2) is 4.68 Å². The van der Waals surface area contributed by atoms with E-state index in [0.29, 0.717) is 15.3 Å². The molecule has 0 fully saturated rings. The highest BCUT2D eigenvalue weighted by Gasteiger charge is 2.41. The Kier molecular flexibility index (Phi) is 5.18. The van der Waals surface area contributed by atoms with Crippen molar-refractivity contribution < 1.29 is 18.0 Å². The zero-order valence-corrected chi connectivity index (χ0v) is 14.9. The zero-order valence-electron chi connectivity index (χ0n) is 14.1. The second kappa shape index (κ2) is 7.40. The van der Waals surface area contributed by atoms with Crippen LogP contribution < -0.4 is 0 Å². The maximum atomic E-state index is 13.7. The minimum Gasteiger partial charge on any atom is -0.337 e. The normalized spacial score (nSPS) is 11.4. The second-order valence-electron chi connectivity index (χ2n) is 5.82. The summed E-state index contributed by atoms with van der Waals surface area (Å²) in [5.41, 5.74) is -0.801. The predicted octanol–water partition coefficient (Wildman–Crippen LogP) is 4.21. The maximum Gasteiger partial charge on any atom is 0.434 e. The van der Waals surface area contributed by atoms with Crippen LogP contribution in [0.15, 0.2) is 55.0 Å². The van der Waals surface area contributed by atoms with Gasteiger partial charge >= 0.3 is 6.18 Å². The molecule has 2 aromatic heterocycles. The summed E-state index contributed by atoms with van der Waals surface area (Å²) in [7, 11) is 1.43. The van der Waals surface area contributed by atoms with E-state index in [0.717, 1.165) is 6.20 Å². The third-order valence-corrected chi connectivity index (χ3v) is 4.08. The molecule has 140 valence electrons. The van der Waals surface area contributed by atoms with Gasteiger partial charge in [0.05, 0.1) is 17.4 Å². The van der Waals surface area contributed by atoms with E-state index < -0.39 is 23.3 Å². The fourth-order valence-corrected chi connectivity index (χ4v) is 2.72. The molecular weight excluding hydrogens is 381 g/mol. The monoisotopic (exact) mass is 394 g/mol. The zero-order chi connectivity index (χ0) is 19.6. The van der Waals surface area contributed by atoms with Gasteiger partial charge in [0.1, 0.15) is 0 Å². The molecule has 27 heavy (non-hydrogen) atoms. The van der Waals surface area contributed by atoms with E-state index in [4.69, 9.17) is 11.6 Å². The molecule has 9 heteroatoms. The van der Waals surface area contributed by atoms with E-state index in [1.165, 1.54) is 36.2 Å². The van der Waals surface area contributed by atoms with Gasteiger partial charge in [-0.2, -0.15) is 18.3 Å². The molecule has 0 spiro atoms. The Hall–Kier alpha value is -2.87. The predicted molar refractivity (Wildman–Crippen MR) is 93.6 cm³/mol. The standard InChI is InChI=1S/C18H14ClF3N4O/c1-25(11-12-3-2-8-23-9-12)17(27)15-10-24-26(16(15)18(20,21)22)14-6-4-13(19)5-7-14/h2-10H,11H2,1H3. The first-order valence-corrected chi connectivity index (χ1v) is 8.20. The lowest BCUT2D eigenvalue weighted by atomic mass is 10.2. The molecule has 5 nitrogen and oxygen atoms in total. The molecule has 0 unspecified atom stereocenters. The second-order valence-corrected chi connectivity index (χ2v) is 6.25. The molecule has 1 amide bonds. The highest BCUT2D eigenvalue weighted by atomic mass is 35.5. The number of nitrogens with zero attached hydrogens (tertiary/aromatic N) is 4. The van der Waals surface area contributed by atoms with Crippen molar-refractivity contribution in [2.75, 3.05) is 7.05 Å². The molecule has 3 aromatic rings. The number of rotatable bonds is 4. The number of pyridine rings is 1. The number of hydrogen-bond donors (Lipinski definition) is 0. The number of carbonyl (C=O) groups is 1. The Morgan fingerprint density at radius 2 is 1.89 bits per heavy atom. The molecule has 0 atom stereocenters. The van der Waals surface area contributed by atoms with Crippen LogP contribution in [0.2, 0.25) is 5.02 Å². The van der Waals surface area contributed by atoms with Gasteiger partial charge in [-0.1, -0.05) is 17.7 Å². The number of amides is 1. The first kappa shape index (κ1) is 18.9. The molecule has 0 saturated heterocycles. The summed E-state index contributed by atoms with van der Waals surface area (Å²) < 4.78 is 41.8. The van der Waals surface area contributed by atoms with Gasteiger partial charge < -0.3 is 4.90 Å². The van der Waals surface area contributed by atoms with Crippen molar-refractivity contribution >= 4 is 17.5 Å². The van der Waals surface area contributed by atoms with Gasteiger partial charge in [0.15, 0.2) is 5.69 Å². The van der Waals surface area contributed by atoms with Gasteiger partial charge in [-0.05, 0) is 35.9 Å². The minimum absolute atomic E-state index is 0.121. The van der Waals surface area contributed by atoms with Crippen LogP contribution in [-0.4, -0.2) is 32.6 Å². The molecule has 0 radical (unpaired) electrons. The number of hydrogen-bond acceptors (Lipinski definition) is 3. The Morgan fingerprint density at radius 3 is 2.48 bits per heavy atom. The summed E-state index contributed by atoms with van der Waals surface area (Å²) >= 11 is 5.79. The molecule has 3 rings (SSSR count). The van der Waals surface area contributed by atoms with E-state index in [1.54, 1.807) is 24.5 Å². The van der Waals surface area contributed by atoms with Crippen LogP contribution in [-0.2, 0) is 12.7 Å². The van der Waals surface area contributed by atoms with E-state index in [-0.39, 0.29) is 12.2 Å². The van der Waals surface area contributed by atoms with Crippen molar-refractivity contribution in [2.45, 2.75) is 12.7 Å². The number of carbonyl (C=O) groups excluding carboxylic acids is 1. The van der Waals surface area contributed by atoms with E-state index in [9.17, 15) is 18.0 Å². The summed E-state index contributed by atoms with van der Waals surface area (Å²) in [6.45, 7) is 0.121. The Balaban J connectivity index is 1.97. The third-order valence-electron chi connectivity index (χ3n) is 3.83. The summed E-state index contributed by atoms with van der Waals surface area (Å²) in [6, 6.07) is 9.13. The Bertz CT molecular complexity index is 939. The molecule has 0 saturated carbocycles. The van der Waals surface area contributed by atoms with E-state index in [2.05, 4.69) is 10.1 Å². The van der Waals surface area contributed by atoms with Crippen LogP contribution in [0.3, 0.4) is 0 Å². The first-order chi connectivity index (χ1) is 12.8. The van der Waals surface area contributed by atoms with E-state index >= 15 is 0 Å². The van der Waals surface area contributed by atoms with Crippen molar-refractivity contribution in [1.29, 1.82) is 0 Å². The number of benzene rings is 1. The van der Waals surface area contributed by atoms with Gasteiger partial charge in [-0.3, -0.25) is 9.78 Å². The highest BCUT2D eigenvalue weighted by molar-refractivity contribution is 6.30. The van der Waals surface area contributed by atoms with Crippen LogP contribution in [0.4, 0.5) is 13.2 Å². The first-order valence-electron chi connectivity index (χ1n) is 7.83. The lowest BCUT2D eigenvalue weighted by Crippen LogP contribution is -2.28. The van der Waals surface area contributed by atoms with Crippen molar-refractivity contribution in [3.63, 3.8) is 0 Å². The lowest BCUT2D eigenvalue weighted by Gasteiger charge is -2.18. The Morgan fingerprint density at radius 1 is 1.19 bits per heavy atom. The van der Waals surface area contributed by atoms with Crippen molar-refractivity contribution in [3.05, 3.63) is 76.8 Å². The Labute approximate surface area is 158 Å². The SMILES string of the molecule is CN(Cc1cccnc1)C(=O)c1cnn(-c2ccc(Cl)cc2)c1C(F)(F)F. The van der Waals surface area contributed by atoms with Gasteiger partial charge in [0, 0.05) is 31.0 Å². The number of aromatic nitrogens is 3. The van der Waals surface area contributed by atoms with E-state index in [1.807, 2.05) is 0 Å². The summed E-state index contributed by atoms with van der Waals surface area (Å²) in [6.07, 6.45) is -0.718. The fraction of sp³-hybridized carbons (Fsp3) is 0.167. The van der Waals surface area contributed by atoms with Crippen molar-refractivity contribution in [1.82, 2.24) is 19.7 Å². The molecule has 0 N–H and O–H groups in total. The topological polar surface area (TPSA) is 51.0 Å². The third kappa shape index (κ3) is 4.11. The molecule has 0 bridgehead atoms. The lowest BCUT2D eigenvalue weighted by molar-refractivity contribution is -0.143. The molecular formula is C18H14ClF3N4O. The average Bonchev–Trinajstić information content (AvgIpc) is 3.08. The largest absolute Gasteiger partial charge is 0.434 e. The molecule has 0 aliphatic carbocycles. The van der Waals surface area contributed by atoms with Crippen molar-refractivity contribution in [3.8, 4) is 5.69 Å². The summed E-state index contributed by atoms with van der Waals surface area (Å²) in [5.74, 6) is -0.786. The molecule has 2 heterocycles. The average molecular weight is 395 g/mol. The van der Waals surface area contributed by atoms with Crippen LogP contribution in [0, 0.1) is 0 Å². The van der Waals surface area contributed by atoms with Gasteiger partial charge in [0.2, 0.25) is 0 Å². The number of alkyl halides is 3.